The van der Waals surface area contributed by atoms with Gasteiger partial charge in [0.05, 0.1) is 6.54 Å². The number of furan rings is 1. The highest BCUT2D eigenvalue weighted by Crippen LogP contribution is 2.28. The highest BCUT2D eigenvalue weighted by Gasteiger charge is 2.48. The molecule has 1 aromatic heterocycles. The van der Waals surface area contributed by atoms with Crippen molar-refractivity contribution in [1.29, 1.82) is 0 Å². The molecule has 114 valence electrons. The second kappa shape index (κ2) is 4.67. The molecular formula is C11H12N2O7S. The van der Waals surface area contributed by atoms with Gasteiger partial charge in [0.15, 0.2) is 0 Å². The number of carboxylic acid groups (broad SMARTS) is 1. The molecule has 2 heterocycles. The summed E-state index contributed by atoms with van der Waals surface area (Å²) < 4.78 is 30.3. The summed E-state index contributed by atoms with van der Waals surface area (Å²) in [4.78, 5) is 33.9. The van der Waals surface area contributed by atoms with Gasteiger partial charge in [0.25, 0.3) is 10.0 Å². The second-order valence-corrected chi connectivity index (χ2v) is 6.67. The molecule has 1 aromatic rings. The lowest BCUT2D eigenvalue weighted by molar-refractivity contribution is -0.141. The van der Waals surface area contributed by atoms with Gasteiger partial charge < -0.3 is 9.52 Å². The molecule has 2 amide bonds. The summed E-state index contributed by atoms with van der Waals surface area (Å²) in [6.45, 7) is 2.09. The predicted octanol–water partition coefficient (Wildman–Crippen LogP) is -0.596. The zero-order valence-electron chi connectivity index (χ0n) is 11.1. The molecule has 0 unspecified atom stereocenters. The molecule has 2 N–H and O–H groups in total. The number of amides is 2. The smallest absolute Gasteiger partial charge is 0.371 e. The lowest BCUT2D eigenvalue weighted by Gasteiger charge is -2.38. The second-order valence-electron chi connectivity index (χ2n) is 4.87. The van der Waals surface area contributed by atoms with E-state index >= 15 is 0 Å². The molecule has 21 heavy (non-hydrogen) atoms. The zero-order chi connectivity index (χ0) is 16.0. The number of piperazine rings is 1. The van der Waals surface area contributed by atoms with Crippen LogP contribution in [-0.2, 0) is 19.6 Å². The maximum Gasteiger partial charge on any atom is 0.371 e. The summed E-state index contributed by atoms with van der Waals surface area (Å²) in [5.41, 5.74) is -1.51. The normalized spacial score (nSPS) is 19.3. The first-order valence-corrected chi connectivity index (χ1v) is 7.21. The predicted molar refractivity (Wildman–Crippen MR) is 66.8 cm³/mol. The Balaban J connectivity index is 2.48. The summed E-state index contributed by atoms with van der Waals surface area (Å²) in [6, 6.07) is 1.94. The monoisotopic (exact) mass is 316 g/mol. The van der Waals surface area contributed by atoms with E-state index in [1.54, 1.807) is 0 Å². The van der Waals surface area contributed by atoms with Crippen molar-refractivity contribution >= 4 is 27.8 Å². The number of aromatic carboxylic acids is 1. The Morgan fingerprint density at radius 3 is 2.52 bits per heavy atom. The molecule has 0 bridgehead atoms. The first-order valence-electron chi connectivity index (χ1n) is 5.77. The van der Waals surface area contributed by atoms with Crippen LogP contribution in [0, 0.1) is 0 Å². The van der Waals surface area contributed by atoms with E-state index < -0.39 is 50.7 Å². The number of sulfonamides is 1. The number of carboxylic acids is 1. The number of hydrogen-bond acceptors (Lipinski definition) is 6. The molecule has 1 aliphatic heterocycles. The van der Waals surface area contributed by atoms with Crippen molar-refractivity contribution in [3.05, 3.63) is 17.9 Å². The minimum absolute atomic E-state index is 0.556. The molecule has 1 saturated heterocycles. The zero-order valence-corrected chi connectivity index (χ0v) is 11.9. The van der Waals surface area contributed by atoms with Gasteiger partial charge in [-0.2, -0.15) is 4.31 Å². The molecule has 1 fully saturated rings. The Hall–Kier alpha value is -2.20. The molecule has 2 rings (SSSR count). The van der Waals surface area contributed by atoms with Crippen LogP contribution in [0.4, 0.5) is 0 Å². The van der Waals surface area contributed by atoms with Gasteiger partial charge in [-0.1, -0.05) is 0 Å². The molecular weight excluding hydrogens is 304 g/mol. The van der Waals surface area contributed by atoms with E-state index in [4.69, 9.17) is 9.52 Å². The van der Waals surface area contributed by atoms with Crippen molar-refractivity contribution in [3.8, 4) is 0 Å². The van der Waals surface area contributed by atoms with Gasteiger partial charge in [0, 0.05) is 0 Å². The lowest BCUT2D eigenvalue weighted by atomic mass is 10.0. The Bertz CT molecular complexity index is 732. The fourth-order valence-corrected chi connectivity index (χ4v) is 3.45. The molecule has 10 heteroatoms. The number of carbonyl (C=O) groups is 3. The number of rotatable bonds is 3. The third kappa shape index (κ3) is 2.43. The molecule has 0 atom stereocenters. The van der Waals surface area contributed by atoms with Crippen LogP contribution in [0.2, 0.25) is 0 Å². The SMILES string of the molecule is CC1(C)C(=O)NC(=O)CN1S(=O)(=O)c1ccc(C(=O)O)o1. The first-order chi connectivity index (χ1) is 9.56. The molecule has 0 aliphatic carbocycles. The van der Waals surface area contributed by atoms with Crippen molar-refractivity contribution in [2.75, 3.05) is 6.54 Å². The average Bonchev–Trinajstić information content (AvgIpc) is 2.84. The van der Waals surface area contributed by atoms with Crippen LogP contribution in [0.1, 0.15) is 24.4 Å². The molecule has 0 spiro atoms. The maximum atomic E-state index is 12.4. The summed E-state index contributed by atoms with van der Waals surface area (Å²) in [5.74, 6) is -3.53. The van der Waals surface area contributed by atoms with E-state index in [-0.39, 0.29) is 0 Å². The minimum atomic E-state index is -4.33. The number of nitrogens with zero attached hydrogens (tertiary/aromatic N) is 1. The van der Waals surface area contributed by atoms with Crippen LogP contribution in [-0.4, -0.2) is 47.7 Å². The Morgan fingerprint density at radius 1 is 1.38 bits per heavy atom. The standard InChI is InChI=1S/C11H12N2O7S/c1-11(2)10(17)12-7(14)5-13(11)21(18,19)8-4-3-6(20-8)9(15)16/h3-4H,5H2,1-2H3,(H,15,16)(H,12,14,17). The van der Waals surface area contributed by atoms with Crippen LogP contribution in [0.15, 0.2) is 21.6 Å². The Labute approximate surface area is 119 Å². The maximum absolute atomic E-state index is 12.4. The van der Waals surface area contributed by atoms with E-state index in [0.29, 0.717) is 4.31 Å². The number of hydrogen-bond donors (Lipinski definition) is 2. The van der Waals surface area contributed by atoms with Crippen molar-refractivity contribution < 1.29 is 32.3 Å². The summed E-state index contributed by atoms with van der Waals surface area (Å²) >= 11 is 0. The highest BCUT2D eigenvalue weighted by atomic mass is 32.2. The van der Waals surface area contributed by atoms with Gasteiger partial charge in [-0.05, 0) is 26.0 Å². The van der Waals surface area contributed by atoms with Crippen molar-refractivity contribution in [1.82, 2.24) is 9.62 Å². The van der Waals surface area contributed by atoms with Gasteiger partial charge in [0.2, 0.25) is 22.7 Å². The lowest BCUT2D eigenvalue weighted by Crippen LogP contribution is -2.65. The van der Waals surface area contributed by atoms with Gasteiger partial charge >= 0.3 is 5.97 Å². The summed E-state index contributed by atoms with van der Waals surface area (Å²) in [6.07, 6.45) is 0. The van der Waals surface area contributed by atoms with Crippen molar-refractivity contribution in [3.63, 3.8) is 0 Å². The summed E-state index contributed by atoms with van der Waals surface area (Å²) in [5, 5.41) is 10.1. The Morgan fingerprint density at radius 2 is 2.00 bits per heavy atom. The molecule has 1 aliphatic rings. The molecule has 0 saturated carbocycles. The molecule has 0 aromatic carbocycles. The summed E-state index contributed by atoms with van der Waals surface area (Å²) in [7, 11) is -4.33. The van der Waals surface area contributed by atoms with Gasteiger partial charge in [-0.25, -0.2) is 13.2 Å². The van der Waals surface area contributed by atoms with Crippen LogP contribution in [0.5, 0.6) is 0 Å². The largest absolute Gasteiger partial charge is 0.475 e. The number of nitrogens with one attached hydrogen (secondary N) is 1. The van der Waals surface area contributed by atoms with Crippen LogP contribution < -0.4 is 5.32 Å². The topological polar surface area (TPSA) is 134 Å². The van der Waals surface area contributed by atoms with Crippen LogP contribution in [0.25, 0.3) is 0 Å². The van der Waals surface area contributed by atoms with Crippen molar-refractivity contribution in [2.45, 2.75) is 24.5 Å². The van der Waals surface area contributed by atoms with E-state index in [1.165, 1.54) is 13.8 Å². The number of carbonyl (C=O) groups excluding carboxylic acids is 2. The highest BCUT2D eigenvalue weighted by molar-refractivity contribution is 7.89. The van der Waals surface area contributed by atoms with E-state index in [0.717, 1.165) is 12.1 Å². The number of imide groups is 1. The third-order valence-corrected chi connectivity index (χ3v) is 4.95. The van der Waals surface area contributed by atoms with Gasteiger partial charge in [-0.15, -0.1) is 0 Å². The van der Waals surface area contributed by atoms with E-state index in [2.05, 4.69) is 0 Å². The Kier molecular flexibility index (Phi) is 3.38. The van der Waals surface area contributed by atoms with Gasteiger partial charge in [-0.3, -0.25) is 14.9 Å². The quantitative estimate of drug-likeness (QED) is 0.711. The first kappa shape index (κ1) is 15.2. The minimum Gasteiger partial charge on any atom is -0.475 e. The van der Waals surface area contributed by atoms with Crippen LogP contribution >= 0.6 is 0 Å². The third-order valence-electron chi connectivity index (χ3n) is 3.06. The van der Waals surface area contributed by atoms with Crippen molar-refractivity contribution in [2.24, 2.45) is 0 Å². The van der Waals surface area contributed by atoms with Gasteiger partial charge in [0.1, 0.15) is 5.54 Å². The molecule has 0 radical (unpaired) electrons. The fourth-order valence-electron chi connectivity index (χ4n) is 1.83. The van der Waals surface area contributed by atoms with E-state index in [1.807, 2.05) is 5.32 Å². The molecule has 9 nitrogen and oxygen atoms in total. The fraction of sp³-hybridized carbons (Fsp3) is 0.364. The van der Waals surface area contributed by atoms with E-state index in [9.17, 15) is 22.8 Å². The average molecular weight is 316 g/mol. The van der Waals surface area contributed by atoms with Crippen LogP contribution in [0.3, 0.4) is 0 Å².